The summed E-state index contributed by atoms with van der Waals surface area (Å²) >= 11 is 0. The van der Waals surface area contributed by atoms with Crippen molar-refractivity contribution >= 4 is 16.9 Å². The van der Waals surface area contributed by atoms with E-state index in [1.807, 2.05) is 29.4 Å². The zero-order chi connectivity index (χ0) is 16.5. The van der Waals surface area contributed by atoms with Crippen LogP contribution in [-0.2, 0) is 0 Å². The third kappa shape index (κ3) is 2.56. The highest BCUT2D eigenvalue weighted by Gasteiger charge is 2.24. The van der Waals surface area contributed by atoms with Crippen LogP contribution in [0.1, 0.15) is 23.3 Å². The van der Waals surface area contributed by atoms with Gasteiger partial charge >= 0.3 is 0 Å². The summed E-state index contributed by atoms with van der Waals surface area (Å²) in [5.74, 6) is 0.313. The van der Waals surface area contributed by atoms with E-state index in [9.17, 15) is 9.90 Å². The van der Waals surface area contributed by atoms with Gasteiger partial charge in [0.05, 0.1) is 5.69 Å². The average Bonchev–Trinajstić information content (AvgIpc) is 3.30. The summed E-state index contributed by atoms with van der Waals surface area (Å²) in [4.78, 5) is 29.2. The number of likely N-dealkylation sites (tertiary alicyclic amines) is 1. The second-order valence-corrected chi connectivity index (χ2v) is 6.18. The number of hydrogen-bond acceptors (Lipinski definition) is 4. The van der Waals surface area contributed by atoms with Crippen molar-refractivity contribution < 1.29 is 9.90 Å². The van der Waals surface area contributed by atoms with Gasteiger partial charge in [0.15, 0.2) is 0 Å². The predicted octanol–water partition coefficient (Wildman–Crippen LogP) is 1.80. The molecule has 1 fully saturated rings. The van der Waals surface area contributed by atoms with Gasteiger partial charge in [0.25, 0.3) is 5.91 Å². The Bertz CT molecular complexity index is 861. The van der Waals surface area contributed by atoms with E-state index in [2.05, 4.69) is 19.9 Å². The van der Waals surface area contributed by atoms with Gasteiger partial charge in [-0.05, 0) is 30.9 Å². The molecule has 1 aliphatic rings. The van der Waals surface area contributed by atoms with Crippen molar-refractivity contribution in [1.82, 2.24) is 24.8 Å². The smallest absolute Gasteiger partial charge is 0.270 e. The summed E-state index contributed by atoms with van der Waals surface area (Å²) in [5.41, 5.74) is 3.01. The highest BCUT2D eigenvalue weighted by atomic mass is 16.3. The number of amides is 1. The maximum atomic E-state index is 12.6. The Hall–Kier alpha value is -2.67. The van der Waals surface area contributed by atoms with E-state index < -0.39 is 0 Å². The van der Waals surface area contributed by atoms with Gasteiger partial charge in [0, 0.05) is 43.0 Å². The molecule has 0 aliphatic carbocycles. The van der Waals surface area contributed by atoms with Gasteiger partial charge in [-0.1, -0.05) is 0 Å². The van der Waals surface area contributed by atoms with Crippen LogP contribution in [0.25, 0.3) is 22.3 Å². The molecule has 0 aromatic carbocycles. The second-order valence-electron chi connectivity index (χ2n) is 6.18. The molecule has 0 saturated carbocycles. The molecule has 0 radical (unpaired) electrons. The molecule has 4 rings (SSSR count). The van der Waals surface area contributed by atoms with Gasteiger partial charge in [-0.3, -0.25) is 4.79 Å². The summed E-state index contributed by atoms with van der Waals surface area (Å²) in [6, 6.07) is 3.77. The molecule has 1 saturated heterocycles. The molecule has 3 aromatic rings. The molecule has 7 nitrogen and oxygen atoms in total. The molecule has 3 N–H and O–H groups in total. The number of aromatic amines is 2. The number of fused-ring (bicyclic) bond motifs is 1. The Labute approximate surface area is 138 Å². The maximum Gasteiger partial charge on any atom is 0.270 e. The molecule has 1 aliphatic heterocycles. The van der Waals surface area contributed by atoms with Gasteiger partial charge in [0.2, 0.25) is 0 Å². The van der Waals surface area contributed by atoms with E-state index in [-0.39, 0.29) is 12.5 Å². The lowest BCUT2D eigenvalue weighted by atomic mass is 9.98. The first kappa shape index (κ1) is 14.9. The van der Waals surface area contributed by atoms with Crippen molar-refractivity contribution in [3.63, 3.8) is 0 Å². The van der Waals surface area contributed by atoms with Gasteiger partial charge in [-0.15, -0.1) is 0 Å². The first-order valence-electron chi connectivity index (χ1n) is 8.13. The van der Waals surface area contributed by atoms with Crippen LogP contribution in [-0.4, -0.2) is 55.5 Å². The number of aromatic nitrogens is 4. The molecule has 7 heteroatoms. The molecule has 0 unspecified atom stereocenters. The summed E-state index contributed by atoms with van der Waals surface area (Å²) in [7, 11) is 0. The Kier molecular flexibility index (Phi) is 3.78. The summed E-state index contributed by atoms with van der Waals surface area (Å²) in [5, 5.41) is 10.1. The number of carbonyl (C=O) groups is 1. The lowest BCUT2D eigenvalue weighted by Crippen LogP contribution is -2.39. The zero-order valence-corrected chi connectivity index (χ0v) is 13.2. The molecule has 0 bridgehead atoms. The number of piperidine rings is 1. The topological polar surface area (TPSA) is 97.9 Å². The van der Waals surface area contributed by atoms with Crippen LogP contribution in [0.5, 0.6) is 0 Å². The minimum absolute atomic E-state index is 0.00277. The van der Waals surface area contributed by atoms with E-state index in [0.29, 0.717) is 24.7 Å². The Morgan fingerprint density at radius 2 is 2.12 bits per heavy atom. The van der Waals surface area contributed by atoms with Crippen LogP contribution in [0.4, 0.5) is 0 Å². The number of aliphatic hydroxyl groups excluding tert-OH is 1. The van der Waals surface area contributed by atoms with Gasteiger partial charge in [-0.25, -0.2) is 9.97 Å². The molecule has 3 aromatic heterocycles. The highest BCUT2D eigenvalue weighted by Crippen LogP contribution is 2.26. The monoisotopic (exact) mass is 325 g/mol. The van der Waals surface area contributed by atoms with Crippen molar-refractivity contribution in [2.75, 3.05) is 19.7 Å². The quantitative estimate of drug-likeness (QED) is 0.684. The number of H-pyrrole nitrogens is 2. The summed E-state index contributed by atoms with van der Waals surface area (Å²) in [6.45, 7) is 1.58. The van der Waals surface area contributed by atoms with Gasteiger partial charge in [0.1, 0.15) is 17.7 Å². The highest BCUT2D eigenvalue weighted by molar-refractivity contribution is 5.96. The normalized spacial score (nSPS) is 16.0. The number of nitrogens with one attached hydrogen (secondary N) is 2. The molecular formula is C17H19N5O2. The minimum atomic E-state index is -0.00277. The van der Waals surface area contributed by atoms with Crippen LogP contribution in [0, 0.1) is 5.92 Å². The van der Waals surface area contributed by atoms with Gasteiger partial charge < -0.3 is 20.0 Å². The van der Waals surface area contributed by atoms with Crippen molar-refractivity contribution in [3.05, 3.63) is 36.5 Å². The number of hydrogen-bond donors (Lipinski definition) is 3. The van der Waals surface area contributed by atoms with Crippen molar-refractivity contribution in [2.45, 2.75) is 12.8 Å². The fourth-order valence-corrected chi connectivity index (χ4v) is 3.25. The third-order valence-corrected chi connectivity index (χ3v) is 4.70. The van der Waals surface area contributed by atoms with E-state index in [4.69, 9.17) is 0 Å². The van der Waals surface area contributed by atoms with Crippen LogP contribution in [0.15, 0.2) is 30.9 Å². The Morgan fingerprint density at radius 1 is 1.29 bits per heavy atom. The van der Waals surface area contributed by atoms with Gasteiger partial charge in [-0.2, -0.15) is 0 Å². The summed E-state index contributed by atoms with van der Waals surface area (Å²) in [6.07, 6.45) is 6.86. The first-order chi connectivity index (χ1) is 11.8. The third-order valence-electron chi connectivity index (χ3n) is 4.70. The van der Waals surface area contributed by atoms with Crippen LogP contribution < -0.4 is 0 Å². The molecule has 0 spiro atoms. The van der Waals surface area contributed by atoms with Crippen LogP contribution in [0.3, 0.4) is 0 Å². The van der Waals surface area contributed by atoms with Crippen LogP contribution in [0.2, 0.25) is 0 Å². The fraction of sp³-hybridized carbons (Fsp3) is 0.353. The molecule has 0 atom stereocenters. The molecule has 124 valence electrons. The van der Waals surface area contributed by atoms with E-state index in [1.165, 1.54) is 6.33 Å². The van der Waals surface area contributed by atoms with Crippen LogP contribution >= 0.6 is 0 Å². The fourth-order valence-electron chi connectivity index (χ4n) is 3.25. The number of rotatable bonds is 3. The van der Waals surface area contributed by atoms with Crippen molar-refractivity contribution in [1.29, 1.82) is 0 Å². The average molecular weight is 325 g/mol. The first-order valence-corrected chi connectivity index (χ1v) is 8.13. The Balaban J connectivity index is 1.57. The van der Waals surface area contributed by atoms with E-state index in [0.717, 1.165) is 35.1 Å². The summed E-state index contributed by atoms with van der Waals surface area (Å²) < 4.78 is 0. The predicted molar refractivity (Wildman–Crippen MR) is 89.4 cm³/mol. The molecule has 24 heavy (non-hydrogen) atoms. The standard InChI is InChI=1S/C17H19N5O2/c23-9-11-2-5-22(6-3-11)17(24)14-7-12(8-19-14)15-13-1-4-18-16(13)21-10-20-15/h1,4,7-8,10-11,19,23H,2-3,5-6,9H2,(H,18,20,21). The van der Waals surface area contributed by atoms with Crippen molar-refractivity contribution in [3.8, 4) is 11.3 Å². The minimum Gasteiger partial charge on any atom is -0.396 e. The lowest BCUT2D eigenvalue weighted by molar-refractivity contribution is 0.0646. The zero-order valence-electron chi connectivity index (χ0n) is 13.2. The Morgan fingerprint density at radius 3 is 2.92 bits per heavy atom. The SMILES string of the molecule is O=C(c1cc(-c2ncnc3[nH]ccc23)c[nH]1)N1CCC(CO)CC1. The largest absolute Gasteiger partial charge is 0.396 e. The second kappa shape index (κ2) is 6.09. The number of nitrogens with zero attached hydrogens (tertiary/aromatic N) is 3. The van der Waals surface area contributed by atoms with E-state index >= 15 is 0 Å². The van der Waals surface area contributed by atoms with Crippen molar-refractivity contribution in [2.24, 2.45) is 5.92 Å². The molecule has 4 heterocycles. The number of aliphatic hydroxyl groups is 1. The lowest BCUT2D eigenvalue weighted by Gasteiger charge is -2.30. The molecule has 1 amide bonds. The number of carbonyl (C=O) groups excluding carboxylic acids is 1. The van der Waals surface area contributed by atoms with E-state index in [1.54, 1.807) is 0 Å². The maximum absolute atomic E-state index is 12.6. The molecular weight excluding hydrogens is 306 g/mol.